The molecule has 0 radical (unpaired) electrons. The maximum absolute atomic E-state index is 13.4. The number of anilines is 3. The number of aryl methyl sites for hydroxylation is 1. The summed E-state index contributed by atoms with van der Waals surface area (Å²) in [5, 5.41) is 11.1. The van der Waals surface area contributed by atoms with Gasteiger partial charge in [-0.2, -0.15) is 5.06 Å². The van der Waals surface area contributed by atoms with E-state index >= 15 is 0 Å². The van der Waals surface area contributed by atoms with Gasteiger partial charge in [-0.05, 0) is 86.2 Å². The second-order valence-corrected chi connectivity index (χ2v) is 11.9. The highest BCUT2D eigenvalue weighted by Gasteiger charge is 2.21. The third-order valence-electron chi connectivity index (χ3n) is 8.52. The number of hydroxylamine groups is 2. The van der Waals surface area contributed by atoms with E-state index in [1.165, 1.54) is 5.56 Å². The summed E-state index contributed by atoms with van der Waals surface area (Å²) in [7, 11) is 3.23. The second kappa shape index (κ2) is 16.4. The number of methoxy groups -OCH3 is 1. The Kier molecular flexibility index (Phi) is 11.8. The topological polar surface area (TPSA) is 121 Å². The van der Waals surface area contributed by atoms with Crippen molar-refractivity contribution in [2.45, 2.75) is 45.6 Å². The molecule has 47 heavy (non-hydrogen) atoms. The van der Waals surface area contributed by atoms with Crippen LogP contribution in [0.1, 0.15) is 63.1 Å². The van der Waals surface area contributed by atoms with Crippen LogP contribution < -0.4 is 20.7 Å². The standard InChI is InChI=1S/C36H45N5O6/c1-25-8-12-31(33(21-25)47-20-6-4-5-7-34(42)40-16-18-41(46-3)19-17-40)39-35(43)27-11-13-30(29(22-27)24-45-2)38-36(44)28-10-9-26-14-15-37-32(26)23-28/h8-13,21-23,37H,4-7,14-20,24H2,1-3H3,(H,38,44)(H,39,43). The van der Waals surface area contributed by atoms with Crippen LogP contribution in [0.15, 0.2) is 54.6 Å². The monoisotopic (exact) mass is 643 g/mol. The van der Waals surface area contributed by atoms with E-state index < -0.39 is 0 Å². The maximum Gasteiger partial charge on any atom is 0.255 e. The molecule has 2 aliphatic heterocycles. The molecule has 3 aromatic rings. The molecule has 3 amide bonds. The summed E-state index contributed by atoms with van der Waals surface area (Å²) >= 11 is 0. The lowest BCUT2D eigenvalue weighted by molar-refractivity contribution is -0.161. The number of nitrogens with zero attached hydrogens (tertiary/aromatic N) is 2. The number of benzene rings is 3. The van der Waals surface area contributed by atoms with Gasteiger partial charge in [0.25, 0.3) is 11.8 Å². The molecule has 1 fully saturated rings. The summed E-state index contributed by atoms with van der Waals surface area (Å²) in [6.45, 7) is 6.39. The molecule has 250 valence electrons. The molecule has 11 heteroatoms. The average molecular weight is 644 g/mol. The van der Waals surface area contributed by atoms with Crippen molar-refractivity contribution in [1.82, 2.24) is 9.96 Å². The van der Waals surface area contributed by atoms with Gasteiger partial charge in [-0.15, -0.1) is 0 Å². The van der Waals surface area contributed by atoms with Crippen LogP contribution in [-0.4, -0.2) is 81.2 Å². The van der Waals surface area contributed by atoms with Crippen LogP contribution in [-0.2, 0) is 27.4 Å². The summed E-state index contributed by atoms with van der Waals surface area (Å²) in [6, 6.07) is 16.5. The predicted octanol–water partition coefficient (Wildman–Crippen LogP) is 5.26. The largest absolute Gasteiger partial charge is 0.491 e. The van der Waals surface area contributed by atoms with E-state index in [0.29, 0.717) is 59.9 Å². The van der Waals surface area contributed by atoms with Crippen molar-refractivity contribution < 1.29 is 28.7 Å². The molecule has 0 bridgehead atoms. The number of piperazine rings is 1. The maximum atomic E-state index is 13.4. The quantitative estimate of drug-likeness (QED) is 0.204. The number of hydrogen-bond donors (Lipinski definition) is 3. The van der Waals surface area contributed by atoms with Crippen molar-refractivity contribution in [3.63, 3.8) is 0 Å². The Morgan fingerprint density at radius 1 is 0.830 bits per heavy atom. The molecule has 3 aromatic carbocycles. The molecule has 0 aliphatic carbocycles. The van der Waals surface area contributed by atoms with Crippen LogP contribution in [0.4, 0.5) is 17.1 Å². The molecular weight excluding hydrogens is 598 g/mol. The molecule has 1 saturated heterocycles. The van der Waals surface area contributed by atoms with Gasteiger partial charge >= 0.3 is 0 Å². The van der Waals surface area contributed by atoms with Crippen LogP contribution in [0.25, 0.3) is 0 Å². The van der Waals surface area contributed by atoms with Crippen LogP contribution in [0.3, 0.4) is 0 Å². The van der Waals surface area contributed by atoms with Crippen LogP contribution in [0, 0.1) is 6.92 Å². The molecule has 0 atom stereocenters. The van der Waals surface area contributed by atoms with Gasteiger partial charge in [0.05, 0.1) is 26.0 Å². The Balaban J connectivity index is 1.14. The van der Waals surface area contributed by atoms with Gasteiger partial charge in [0.1, 0.15) is 5.75 Å². The second-order valence-electron chi connectivity index (χ2n) is 11.9. The smallest absolute Gasteiger partial charge is 0.255 e. The molecule has 11 nitrogen and oxygen atoms in total. The minimum atomic E-state index is -0.302. The van der Waals surface area contributed by atoms with E-state index in [-0.39, 0.29) is 24.3 Å². The highest BCUT2D eigenvalue weighted by Crippen LogP contribution is 2.28. The molecule has 3 N–H and O–H groups in total. The fourth-order valence-electron chi connectivity index (χ4n) is 5.82. The zero-order valence-electron chi connectivity index (χ0n) is 27.5. The molecule has 2 heterocycles. The fraction of sp³-hybridized carbons (Fsp3) is 0.417. The van der Waals surface area contributed by atoms with E-state index in [0.717, 1.165) is 56.6 Å². The van der Waals surface area contributed by atoms with E-state index in [1.54, 1.807) is 32.4 Å². The summed E-state index contributed by atoms with van der Waals surface area (Å²) in [4.78, 5) is 46.1. The van der Waals surface area contributed by atoms with Crippen molar-refractivity contribution in [1.29, 1.82) is 0 Å². The Morgan fingerprint density at radius 3 is 2.32 bits per heavy atom. The highest BCUT2D eigenvalue weighted by molar-refractivity contribution is 6.07. The van der Waals surface area contributed by atoms with Gasteiger partial charge in [0.2, 0.25) is 5.91 Å². The van der Waals surface area contributed by atoms with Crippen molar-refractivity contribution in [3.05, 3.63) is 82.4 Å². The summed E-state index contributed by atoms with van der Waals surface area (Å²) < 4.78 is 11.5. The number of nitrogens with one attached hydrogen (secondary N) is 3. The fourth-order valence-corrected chi connectivity index (χ4v) is 5.82. The molecular formula is C36H45N5O6. The number of amides is 3. The van der Waals surface area contributed by atoms with E-state index in [1.807, 2.05) is 53.3 Å². The summed E-state index contributed by atoms with van der Waals surface area (Å²) in [5.74, 6) is 0.245. The number of rotatable bonds is 14. The van der Waals surface area contributed by atoms with Crippen molar-refractivity contribution in [2.75, 3.05) is 69.5 Å². The van der Waals surface area contributed by atoms with Crippen molar-refractivity contribution in [2.24, 2.45) is 0 Å². The van der Waals surface area contributed by atoms with E-state index in [2.05, 4.69) is 16.0 Å². The first kappa shape index (κ1) is 33.9. The number of carbonyl (C=O) groups is 3. The Labute approximate surface area is 276 Å². The first-order valence-electron chi connectivity index (χ1n) is 16.3. The van der Waals surface area contributed by atoms with Crippen LogP contribution in [0.5, 0.6) is 5.75 Å². The van der Waals surface area contributed by atoms with Gasteiger partial charge in [-0.3, -0.25) is 14.4 Å². The number of ether oxygens (including phenoxy) is 2. The van der Waals surface area contributed by atoms with Gasteiger partial charge in [-0.1, -0.05) is 12.1 Å². The number of carbonyl (C=O) groups excluding carboxylic acids is 3. The molecule has 0 unspecified atom stereocenters. The molecule has 2 aliphatic rings. The number of hydrogen-bond acceptors (Lipinski definition) is 8. The third-order valence-corrected chi connectivity index (χ3v) is 8.52. The van der Waals surface area contributed by atoms with E-state index in [4.69, 9.17) is 14.3 Å². The zero-order valence-corrected chi connectivity index (χ0v) is 27.5. The third kappa shape index (κ3) is 9.09. The highest BCUT2D eigenvalue weighted by atomic mass is 16.7. The summed E-state index contributed by atoms with van der Waals surface area (Å²) in [6.07, 6.45) is 3.94. The Morgan fingerprint density at radius 2 is 1.55 bits per heavy atom. The minimum absolute atomic E-state index is 0.186. The summed E-state index contributed by atoms with van der Waals surface area (Å²) in [5.41, 5.74) is 6.02. The normalized spacial score (nSPS) is 14.3. The first-order chi connectivity index (χ1) is 22.8. The molecule has 0 saturated carbocycles. The molecule has 5 rings (SSSR count). The van der Waals surface area contributed by atoms with Crippen molar-refractivity contribution >= 4 is 34.8 Å². The van der Waals surface area contributed by atoms with Crippen molar-refractivity contribution in [3.8, 4) is 5.75 Å². The van der Waals surface area contributed by atoms with Gasteiger partial charge in [0.15, 0.2) is 0 Å². The van der Waals surface area contributed by atoms with Crippen LogP contribution in [0.2, 0.25) is 0 Å². The van der Waals surface area contributed by atoms with Gasteiger partial charge in [0, 0.05) is 74.3 Å². The van der Waals surface area contributed by atoms with Gasteiger partial charge < -0.3 is 35.2 Å². The Hall–Kier alpha value is -4.45. The van der Waals surface area contributed by atoms with E-state index in [9.17, 15) is 14.4 Å². The Bertz CT molecular complexity index is 1570. The first-order valence-corrected chi connectivity index (χ1v) is 16.3. The van der Waals surface area contributed by atoms with Gasteiger partial charge in [-0.25, -0.2) is 0 Å². The SMILES string of the molecule is COCc1cc(C(=O)Nc2ccc(C)cc2OCCCCCC(=O)N2CCN(OC)CC2)ccc1NC(=O)c1ccc2c(c1)NCC2. The minimum Gasteiger partial charge on any atom is -0.491 e. The predicted molar refractivity (Wildman–Crippen MR) is 182 cm³/mol. The molecule has 0 aromatic heterocycles. The number of fused-ring (bicyclic) bond motifs is 1. The lowest BCUT2D eigenvalue weighted by Crippen LogP contribution is -2.48. The average Bonchev–Trinajstić information content (AvgIpc) is 3.56. The molecule has 0 spiro atoms. The number of unbranched alkanes of at least 4 members (excludes halogenated alkanes) is 2. The van der Waals surface area contributed by atoms with Crippen LogP contribution >= 0.6 is 0 Å². The zero-order chi connectivity index (χ0) is 33.2. The lowest BCUT2D eigenvalue weighted by atomic mass is 10.1. The lowest BCUT2D eigenvalue weighted by Gasteiger charge is -2.33.